The van der Waals surface area contributed by atoms with Gasteiger partial charge in [0.05, 0.1) is 12.6 Å². The lowest BCUT2D eigenvalue weighted by Gasteiger charge is -2.36. The van der Waals surface area contributed by atoms with Crippen LogP contribution in [-0.4, -0.2) is 59.4 Å². The van der Waals surface area contributed by atoms with Gasteiger partial charge in [0, 0.05) is 39.1 Å². The summed E-state index contributed by atoms with van der Waals surface area (Å²) in [6.45, 7) is 7.09. The maximum absolute atomic E-state index is 13.0. The predicted octanol–water partition coefficient (Wildman–Crippen LogP) is 2.94. The van der Waals surface area contributed by atoms with Crippen LogP contribution in [0.15, 0.2) is 60.7 Å². The third kappa shape index (κ3) is 4.57. The molecule has 2 saturated heterocycles. The monoisotopic (exact) mass is 391 g/mol. The lowest BCUT2D eigenvalue weighted by molar-refractivity contribution is -0.142. The van der Waals surface area contributed by atoms with E-state index in [-0.39, 0.29) is 23.7 Å². The van der Waals surface area contributed by atoms with E-state index in [2.05, 4.69) is 41.0 Å². The van der Waals surface area contributed by atoms with Crippen LogP contribution in [0.5, 0.6) is 0 Å². The van der Waals surface area contributed by atoms with E-state index in [0.29, 0.717) is 13.1 Å². The Morgan fingerprint density at radius 3 is 2.10 bits per heavy atom. The number of benzene rings is 2. The maximum atomic E-state index is 13.0. The van der Waals surface area contributed by atoms with Gasteiger partial charge < -0.3 is 0 Å². The summed E-state index contributed by atoms with van der Waals surface area (Å²) < 4.78 is 0. The molecule has 29 heavy (non-hydrogen) atoms. The molecule has 0 saturated carbocycles. The highest BCUT2D eigenvalue weighted by Crippen LogP contribution is 2.33. The van der Waals surface area contributed by atoms with Gasteiger partial charge in [-0.1, -0.05) is 67.6 Å². The Balaban J connectivity index is 1.31. The SMILES string of the molecule is CC(c1ccccc1)C1CC(=O)N(CN2CCN(Cc3ccccc3)CC2)C1=O. The third-order valence-corrected chi connectivity index (χ3v) is 6.26. The number of amides is 2. The average molecular weight is 392 g/mol. The van der Waals surface area contributed by atoms with Gasteiger partial charge in [-0.15, -0.1) is 0 Å². The number of imide groups is 1. The molecule has 2 aromatic carbocycles. The normalized spacial score (nSPS) is 22.2. The molecule has 2 fully saturated rings. The topological polar surface area (TPSA) is 43.9 Å². The number of hydrogen-bond acceptors (Lipinski definition) is 4. The molecule has 0 spiro atoms. The molecule has 0 aromatic heterocycles. The lowest BCUT2D eigenvalue weighted by atomic mass is 9.86. The Morgan fingerprint density at radius 1 is 0.862 bits per heavy atom. The van der Waals surface area contributed by atoms with Crippen molar-refractivity contribution in [3.8, 4) is 0 Å². The Hall–Kier alpha value is -2.50. The van der Waals surface area contributed by atoms with E-state index >= 15 is 0 Å². The zero-order chi connectivity index (χ0) is 20.2. The van der Waals surface area contributed by atoms with Crippen molar-refractivity contribution in [2.24, 2.45) is 5.92 Å². The van der Waals surface area contributed by atoms with E-state index in [1.807, 2.05) is 36.4 Å². The number of rotatable bonds is 6. The zero-order valence-electron chi connectivity index (χ0n) is 17.0. The van der Waals surface area contributed by atoms with Gasteiger partial charge in [0.1, 0.15) is 0 Å². The van der Waals surface area contributed by atoms with Crippen LogP contribution >= 0.6 is 0 Å². The fourth-order valence-corrected chi connectivity index (χ4v) is 4.37. The van der Waals surface area contributed by atoms with Gasteiger partial charge in [0.2, 0.25) is 11.8 Å². The molecule has 2 unspecified atom stereocenters. The summed E-state index contributed by atoms with van der Waals surface area (Å²) in [7, 11) is 0. The molecule has 2 amide bonds. The van der Waals surface area contributed by atoms with Crippen LogP contribution in [0, 0.1) is 5.92 Å². The van der Waals surface area contributed by atoms with Gasteiger partial charge in [-0.25, -0.2) is 0 Å². The first-order valence-electron chi connectivity index (χ1n) is 10.5. The van der Waals surface area contributed by atoms with E-state index in [1.165, 1.54) is 10.5 Å². The van der Waals surface area contributed by atoms with E-state index in [1.54, 1.807) is 0 Å². The summed E-state index contributed by atoms with van der Waals surface area (Å²) in [5, 5.41) is 0. The molecule has 0 aliphatic carbocycles. The zero-order valence-corrected chi connectivity index (χ0v) is 17.0. The molecule has 2 aliphatic heterocycles. The lowest BCUT2D eigenvalue weighted by Crippen LogP contribution is -2.50. The second-order valence-corrected chi connectivity index (χ2v) is 8.19. The van der Waals surface area contributed by atoms with E-state index in [9.17, 15) is 9.59 Å². The van der Waals surface area contributed by atoms with Crippen molar-refractivity contribution in [3.63, 3.8) is 0 Å². The molecule has 2 aliphatic rings. The maximum Gasteiger partial charge on any atom is 0.234 e. The number of carbonyl (C=O) groups is 2. The van der Waals surface area contributed by atoms with Crippen molar-refractivity contribution in [1.82, 2.24) is 14.7 Å². The van der Waals surface area contributed by atoms with Crippen molar-refractivity contribution in [3.05, 3.63) is 71.8 Å². The largest absolute Gasteiger partial charge is 0.297 e. The van der Waals surface area contributed by atoms with Crippen molar-refractivity contribution in [1.29, 1.82) is 0 Å². The molecule has 152 valence electrons. The van der Waals surface area contributed by atoms with E-state index in [0.717, 1.165) is 38.3 Å². The fourth-order valence-electron chi connectivity index (χ4n) is 4.37. The molecule has 0 N–H and O–H groups in total. The van der Waals surface area contributed by atoms with Crippen LogP contribution in [0.3, 0.4) is 0 Å². The van der Waals surface area contributed by atoms with Crippen molar-refractivity contribution < 1.29 is 9.59 Å². The van der Waals surface area contributed by atoms with Gasteiger partial charge in [0.25, 0.3) is 0 Å². The molecular formula is C24H29N3O2. The Labute approximate surface area is 172 Å². The summed E-state index contributed by atoms with van der Waals surface area (Å²) in [6, 6.07) is 20.5. The van der Waals surface area contributed by atoms with Crippen LogP contribution in [0.1, 0.15) is 30.4 Å². The molecule has 5 nitrogen and oxygen atoms in total. The number of likely N-dealkylation sites (tertiary alicyclic amines) is 1. The quantitative estimate of drug-likeness (QED) is 0.710. The fraction of sp³-hybridized carbons (Fsp3) is 0.417. The van der Waals surface area contributed by atoms with Crippen LogP contribution in [0.2, 0.25) is 0 Å². The summed E-state index contributed by atoms with van der Waals surface area (Å²) in [5.41, 5.74) is 2.44. The first-order chi connectivity index (χ1) is 14.1. The predicted molar refractivity (Wildman–Crippen MR) is 113 cm³/mol. The standard InChI is InChI=1S/C24H29N3O2/c1-19(21-10-6-3-7-11-21)22-16-23(28)27(24(22)29)18-26-14-12-25(13-15-26)17-20-8-4-2-5-9-20/h2-11,19,22H,12-18H2,1H3. The first kappa shape index (κ1) is 19.8. The van der Waals surface area contributed by atoms with Gasteiger partial charge >= 0.3 is 0 Å². The molecule has 0 radical (unpaired) electrons. The summed E-state index contributed by atoms with van der Waals surface area (Å²) in [5.74, 6) is -0.239. The minimum Gasteiger partial charge on any atom is -0.297 e. The van der Waals surface area contributed by atoms with Gasteiger partial charge in [-0.3, -0.25) is 24.3 Å². The smallest absolute Gasteiger partial charge is 0.234 e. The van der Waals surface area contributed by atoms with E-state index < -0.39 is 0 Å². The Kier molecular flexibility index (Phi) is 6.07. The Morgan fingerprint density at radius 2 is 1.45 bits per heavy atom. The van der Waals surface area contributed by atoms with Gasteiger partial charge in [-0.2, -0.15) is 0 Å². The summed E-state index contributed by atoms with van der Waals surface area (Å²) in [6.07, 6.45) is 0.322. The van der Waals surface area contributed by atoms with Gasteiger partial charge in [0.15, 0.2) is 0 Å². The molecule has 2 aromatic rings. The average Bonchev–Trinajstić information content (AvgIpc) is 3.04. The van der Waals surface area contributed by atoms with Crippen LogP contribution in [-0.2, 0) is 16.1 Å². The van der Waals surface area contributed by atoms with Crippen molar-refractivity contribution in [2.45, 2.75) is 25.8 Å². The number of nitrogens with zero attached hydrogens (tertiary/aromatic N) is 3. The minimum atomic E-state index is -0.246. The highest BCUT2D eigenvalue weighted by molar-refractivity contribution is 6.03. The van der Waals surface area contributed by atoms with Crippen molar-refractivity contribution in [2.75, 3.05) is 32.8 Å². The van der Waals surface area contributed by atoms with Crippen LogP contribution < -0.4 is 0 Å². The summed E-state index contributed by atoms with van der Waals surface area (Å²) in [4.78, 5) is 31.7. The Bertz CT molecular complexity index is 832. The van der Waals surface area contributed by atoms with Crippen molar-refractivity contribution >= 4 is 11.8 Å². The summed E-state index contributed by atoms with van der Waals surface area (Å²) >= 11 is 0. The molecule has 2 heterocycles. The minimum absolute atomic E-state index is 0.0157. The molecule has 5 heteroatoms. The number of piperazine rings is 1. The number of carbonyl (C=O) groups excluding carboxylic acids is 2. The molecule has 0 bridgehead atoms. The third-order valence-electron chi connectivity index (χ3n) is 6.26. The van der Waals surface area contributed by atoms with Gasteiger partial charge in [-0.05, 0) is 17.0 Å². The highest BCUT2D eigenvalue weighted by Gasteiger charge is 2.42. The first-order valence-corrected chi connectivity index (χ1v) is 10.5. The second kappa shape index (κ2) is 8.89. The van der Waals surface area contributed by atoms with Crippen LogP contribution in [0.4, 0.5) is 0 Å². The second-order valence-electron chi connectivity index (χ2n) is 8.19. The number of hydrogen-bond donors (Lipinski definition) is 0. The highest BCUT2D eigenvalue weighted by atomic mass is 16.2. The molecule has 2 atom stereocenters. The molecular weight excluding hydrogens is 362 g/mol. The molecule has 4 rings (SSSR count). The van der Waals surface area contributed by atoms with E-state index in [4.69, 9.17) is 0 Å². The van der Waals surface area contributed by atoms with Crippen LogP contribution in [0.25, 0.3) is 0 Å².